The van der Waals surface area contributed by atoms with E-state index in [9.17, 15) is 0 Å². The van der Waals surface area contributed by atoms with Crippen molar-refractivity contribution in [1.29, 1.82) is 0 Å². The molecule has 0 fully saturated rings. The maximum absolute atomic E-state index is 8.09. The maximum Gasteiger partial charge on any atom is 0.107 e. The second-order valence-electron chi connectivity index (χ2n) is 1.92. The van der Waals surface area contributed by atoms with E-state index in [0.29, 0.717) is 6.42 Å². The zero-order valence-corrected chi connectivity index (χ0v) is 7.03. The number of hydrogen-bond donors (Lipinski definition) is 4. The first-order valence-corrected chi connectivity index (χ1v) is 3.78. The van der Waals surface area contributed by atoms with Crippen LogP contribution in [0, 0.1) is 12.0 Å². The van der Waals surface area contributed by atoms with Crippen LogP contribution in [0.25, 0.3) is 0 Å². The average Bonchev–Trinajstić information content (AvgIpc) is 2.12. The van der Waals surface area contributed by atoms with Gasteiger partial charge < -0.3 is 20.4 Å². The Labute approximate surface area is 72.5 Å². The molecule has 0 aliphatic rings. The lowest BCUT2D eigenvalue weighted by molar-refractivity contribution is 0.242. The third-order valence-corrected chi connectivity index (χ3v) is 0.882. The Bertz CT molecular complexity index is 110. The highest BCUT2D eigenvalue weighted by atomic mass is 16.3. The van der Waals surface area contributed by atoms with Crippen molar-refractivity contribution >= 4 is 0 Å². The Morgan fingerprint density at radius 3 is 1.50 bits per heavy atom. The predicted octanol–water partition coefficient (Wildman–Crippen LogP) is -0.547. The van der Waals surface area contributed by atoms with E-state index >= 15 is 0 Å². The van der Waals surface area contributed by atoms with Crippen molar-refractivity contribution in [1.82, 2.24) is 0 Å². The van der Waals surface area contributed by atoms with Gasteiger partial charge in [0.05, 0.1) is 6.61 Å². The Kier molecular flexibility index (Phi) is 19.2. The van der Waals surface area contributed by atoms with E-state index in [1.807, 2.05) is 0 Å². The Hall–Kier alpha value is -0.760. The lowest BCUT2D eigenvalue weighted by atomic mass is 10.3. The van der Waals surface area contributed by atoms with Gasteiger partial charge in [-0.05, 0) is 12.8 Å². The number of aliphatic hydroxyl groups is 4. The molecule has 0 radical (unpaired) electrons. The third kappa shape index (κ3) is 22.8. The van der Waals surface area contributed by atoms with E-state index in [1.54, 1.807) is 6.11 Å². The molecule has 0 aliphatic carbocycles. The maximum atomic E-state index is 8.09. The van der Waals surface area contributed by atoms with Gasteiger partial charge in [-0.2, -0.15) is 0 Å². The van der Waals surface area contributed by atoms with Gasteiger partial charge in [-0.3, -0.25) is 0 Å². The molecule has 4 N–H and O–H groups in total. The molecule has 0 aliphatic heterocycles. The molecule has 0 atom stereocenters. The minimum atomic E-state index is 0.0214. The van der Waals surface area contributed by atoms with Gasteiger partial charge in [0.25, 0.3) is 0 Å². The summed E-state index contributed by atoms with van der Waals surface area (Å²) in [5.41, 5.74) is 0. The van der Waals surface area contributed by atoms with Crippen molar-refractivity contribution in [3.8, 4) is 12.0 Å². The smallest absolute Gasteiger partial charge is 0.107 e. The first kappa shape index (κ1) is 13.8. The van der Waals surface area contributed by atoms with Gasteiger partial charge in [-0.1, -0.05) is 5.92 Å². The fourth-order valence-electron chi connectivity index (χ4n) is 0.335. The average molecular weight is 176 g/mol. The van der Waals surface area contributed by atoms with Crippen LogP contribution in [0.1, 0.15) is 19.3 Å². The molecular formula is C8H16O4. The van der Waals surface area contributed by atoms with Gasteiger partial charge in [0.15, 0.2) is 0 Å². The first-order chi connectivity index (χ1) is 5.83. The Balaban J connectivity index is 0. The molecule has 4 heteroatoms. The number of aliphatic hydroxyl groups excluding tert-OH is 4. The molecule has 0 aromatic rings. The molecule has 0 amide bonds. The largest absolute Gasteiger partial charge is 0.462 e. The van der Waals surface area contributed by atoms with E-state index in [2.05, 4.69) is 5.92 Å². The van der Waals surface area contributed by atoms with Crippen LogP contribution in [0.5, 0.6) is 0 Å². The molecule has 72 valence electrons. The van der Waals surface area contributed by atoms with Crippen LogP contribution in [0.15, 0.2) is 0 Å². The quantitative estimate of drug-likeness (QED) is 0.342. The van der Waals surface area contributed by atoms with Crippen LogP contribution < -0.4 is 0 Å². The lowest BCUT2D eigenvalue weighted by Crippen LogP contribution is -1.85. The van der Waals surface area contributed by atoms with Crippen molar-refractivity contribution in [3.05, 3.63) is 0 Å². The summed E-state index contributed by atoms with van der Waals surface area (Å²) in [4.78, 5) is 0. The number of hydrogen-bond acceptors (Lipinski definition) is 4. The molecule has 0 saturated heterocycles. The number of rotatable bonds is 4. The van der Waals surface area contributed by atoms with Crippen molar-refractivity contribution in [3.63, 3.8) is 0 Å². The van der Waals surface area contributed by atoms with E-state index in [0.717, 1.165) is 12.8 Å². The van der Waals surface area contributed by atoms with E-state index in [4.69, 9.17) is 20.4 Å². The lowest BCUT2D eigenvalue weighted by Gasteiger charge is -1.85. The summed E-state index contributed by atoms with van der Waals surface area (Å²) in [5, 5.41) is 31.9. The molecule has 0 heterocycles. The summed E-state index contributed by atoms with van der Waals surface area (Å²) in [7, 11) is 0. The fraction of sp³-hybridized carbons (Fsp3) is 0.750. The minimum Gasteiger partial charge on any atom is -0.462 e. The van der Waals surface area contributed by atoms with Gasteiger partial charge in [0, 0.05) is 19.6 Å². The molecule has 12 heavy (non-hydrogen) atoms. The highest BCUT2D eigenvalue weighted by molar-refractivity contribution is 4.88. The van der Waals surface area contributed by atoms with Crippen LogP contribution in [-0.2, 0) is 0 Å². The zero-order chi connectivity index (χ0) is 9.66. The second-order valence-corrected chi connectivity index (χ2v) is 1.92. The standard InChI is InChI=1S/C4H10O2.C4H6O2/c2*5-3-1-2-4-6/h5-6H,1-4H2;5-6H,1,3H2. The van der Waals surface area contributed by atoms with Crippen LogP contribution in [0.4, 0.5) is 0 Å². The summed E-state index contributed by atoms with van der Waals surface area (Å²) in [6.07, 6.45) is 3.45. The van der Waals surface area contributed by atoms with Gasteiger partial charge in [0.1, 0.15) is 6.11 Å². The molecule has 4 nitrogen and oxygen atoms in total. The van der Waals surface area contributed by atoms with Gasteiger partial charge >= 0.3 is 0 Å². The molecular weight excluding hydrogens is 160 g/mol. The van der Waals surface area contributed by atoms with Crippen molar-refractivity contribution in [2.24, 2.45) is 0 Å². The van der Waals surface area contributed by atoms with Gasteiger partial charge in [0.2, 0.25) is 0 Å². The molecule has 0 spiro atoms. The highest BCUT2D eigenvalue weighted by Crippen LogP contribution is 1.80. The molecule has 0 bridgehead atoms. The summed E-state index contributed by atoms with van der Waals surface area (Å²) in [5.74, 6) is 2.25. The second kappa shape index (κ2) is 16.7. The zero-order valence-electron chi connectivity index (χ0n) is 7.03. The van der Waals surface area contributed by atoms with Crippen LogP contribution in [0.2, 0.25) is 0 Å². The minimum absolute atomic E-state index is 0.0214. The SMILES string of the molecule is OC#CCCO.OCCCCO. The highest BCUT2D eigenvalue weighted by Gasteiger charge is 1.77. The topological polar surface area (TPSA) is 80.9 Å². The predicted molar refractivity (Wildman–Crippen MR) is 44.8 cm³/mol. The van der Waals surface area contributed by atoms with Crippen molar-refractivity contribution in [2.45, 2.75) is 19.3 Å². The Morgan fingerprint density at radius 2 is 1.33 bits per heavy atom. The fourth-order valence-corrected chi connectivity index (χ4v) is 0.335. The summed E-state index contributed by atoms with van der Waals surface area (Å²) < 4.78 is 0. The number of unbranched alkanes of at least 4 members (excludes halogenated alkanes) is 1. The van der Waals surface area contributed by atoms with Crippen molar-refractivity contribution in [2.75, 3.05) is 19.8 Å². The Morgan fingerprint density at radius 1 is 0.833 bits per heavy atom. The van der Waals surface area contributed by atoms with Crippen LogP contribution in [0.3, 0.4) is 0 Å². The molecule has 0 aromatic carbocycles. The molecule has 0 unspecified atom stereocenters. The van der Waals surface area contributed by atoms with E-state index in [-0.39, 0.29) is 19.8 Å². The normalized spacial score (nSPS) is 7.58. The van der Waals surface area contributed by atoms with Gasteiger partial charge in [-0.15, -0.1) is 0 Å². The summed E-state index contributed by atoms with van der Waals surface area (Å²) in [6.45, 7) is 0.411. The van der Waals surface area contributed by atoms with Crippen molar-refractivity contribution < 1.29 is 20.4 Å². The summed E-state index contributed by atoms with van der Waals surface area (Å²) >= 11 is 0. The first-order valence-electron chi connectivity index (χ1n) is 3.78. The van der Waals surface area contributed by atoms with Crippen LogP contribution >= 0.6 is 0 Å². The molecule has 0 rings (SSSR count). The molecule has 0 saturated carbocycles. The summed E-state index contributed by atoms with van der Waals surface area (Å²) in [6, 6.07) is 0. The molecule has 0 aromatic heterocycles. The van der Waals surface area contributed by atoms with Crippen LogP contribution in [-0.4, -0.2) is 40.2 Å². The third-order valence-electron chi connectivity index (χ3n) is 0.882. The monoisotopic (exact) mass is 176 g/mol. The van der Waals surface area contributed by atoms with E-state index < -0.39 is 0 Å². The van der Waals surface area contributed by atoms with E-state index in [1.165, 1.54) is 0 Å². The van der Waals surface area contributed by atoms with Gasteiger partial charge in [-0.25, -0.2) is 0 Å².